The lowest BCUT2D eigenvalue weighted by molar-refractivity contribution is -0.668. The molecule has 0 fully saturated rings. The highest BCUT2D eigenvalue weighted by molar-refractivity contribution is 6.74. The highest BCUT2D eigenvalue weighted by Gasteiger charge is 2.41. The third kappa shape index (κ3) is 4.16. The highest BCUT2D eigenvalue weighted by Crippen LogP contribution is 2.40. The lowest BCUT2D eigenvalue weighted by Gasteiger charge is -2.40. The van der Waals surface area contributed by atoms with Gasteiger partial charge in [0, 0.05) is 0 Å². The fourth-order valence-corrected chi connectivity index (χ4v) is 3.13. The first-order chi connectivity index (χ1) is 8.69. The van der Waals surface area contributed by atoms with Crippen molar-refractivity contribution in [1.82, 2.24) is 0 Å². The summed E-state index contributed by atoms with van der Waals surface area (Å²) in [5.41, 5.74) is 1.29. The van der Waals surface area contributed by atoms with E-state index in [1.165, 1.54) is 5.56 Å². The number of nitrogens with two attached hydrogens (primary N) is 1. The molecule has 0 bridgehead atoms. The zero-order valence-electron chi connectivity index (χ0n) is 13.5. The van der Waals surface area contributed by atoms with Crippen LogP contribution < -0.4 is 5.32 Å². The van der Waals surface area contributed by atoms with Gasteiger partial charge in [-0.2, -0.15) is 0 Å². The van der Waals surface area contributed by atoms with Gasteiger partial charge in [0.2, 0.25) is 0 Å². The van der Waals surface area contributed by atoms with E-state index in [2.05, 4.69) is 83.5 Å². The molecule has 19 heavy (non-hydrogen) atoms. The minimum absolute atomic E-state index is 0.173. The molecule has 0 spiro atoms. The summed E-state index contributed by atoms with van der Waals surface area (Å²) in [5.74, 6) is 0. The smallest absolute Gasteiger partial charge is 0.193 e. The molecule has 0 aliphatic carbocycles. The fourth-order valence-electron chi connectivity index (χ4n) is 1.79. The molecule has 2 nitrogen and oxygen atoms in total. The Morgan fingerprint density at radius 3 is 2.05 bits per heavy atom. The van der Waals surface area contributed by atoms with Crippen LogP contribution in [0.25, 0.3) is 0 Å². The van der Waals surface area contributed by atoms with Gasteiger partial charge < -0.3 is 9.74 Å². The minimum Gasteiger partial charge on any atom is -0.404 e. The summed E-state index contributed by atoms with van der Waals surface area (Å²) in [6.45, 7) is 13.8. The Labute approximate surface area is 119 Å². The van der Waals surface area contributed by atoms with E-state index in [1.54, 1.807) is 0 Å². The molecule has 1 rings (SSSR count). The lowest BCUT2D eigenvalue weighted by Crippen LogP contribution is -2.86. The SMILES string of the molecule is C[NH2+][C@@H](C)[C@H](O[Si](C)(C)C(C)(C)C)c1ccccc1. The van der Waals surface area contributed by atoms with Crippen molar-refractivity contribution < 1.29 is 9.74 Å². The van der Waals surface area contributed by atoms with Crippen LogP contribution in [0.2, 0.25) is 18.1 Å². The largest absolute Gasteiger partial charge is 0.404 e. The minimum atomic E-state index is -1.75. The van der Waals surface area contributed by atoms with Gasteiger partial charge >= 0.3 is 0 Å². The lowest BCUT2D eigenvalue weighted by atomic mass is 10.0. The molecular weight excluding hydrogens is 250 g/mol. The van der Waals surface area contributed by atoms with Gasteiger partial charge in [0.25, 0.3) is 0 Å². The molecule has 0 saturated carbocycles. The van der Waals surface area contributed by atoms with Crippen LogP contribution in [0.5, 0.6) is 0 Å². The summed E-state index contributed by atoms with van der Waals surface area (Å²) in [6.07, 6.45) is 0.173. The van der Waals surface area contributed by atoms with Gasteiger partial charge in [-0.05, 0) is 30.6 Å². The van der Waals surface area contributed by atoms with Crippen LogP contribution in [0.15, 0.2) is 30.3 Å². The topological polar surface area (TPSA) is 25.8 Å². The average Bonchev–Trinajstić information content (AvgIpc) is 2.35. The Balaban J connectivity index is 3.01. The van der Waals surface area contributed by atoms with Gasteiger partial charge in [-0.3, -0.25) is 0 Å². The second-order valence-corrected chi connectivity index (χ2v) is 11.7. The van der Waals surface area contributed by atoms with Gasteiger partial charge in [0.15, 0.2) is 8.32 Å². The van der Waals surface area contributed by atoms with Crippen LogP contribution in [0, 0.1) is 0 Å². The van der Waals surface area contributed by atoms with E-state index in [9.17, 15) is 0 Å². The molecule has 0 aliphatic heterocycles. The van der Waals surface area contributed by atoms with E-state index >= 15 is 0 Å². The van der Waals surface area contributed by atoms with E-state index in [0.717, 1.165) is 0 Å². The number of quaternary nitrogens is 1. The van der Waals surface area contributed by atoms with E-state index in [-0.39, 0.29) is 11.1 Å². The predicted molar refractivity (Wildman–Crippen MR) is 84.8 cm³/mol. The Morgan fingerprint density at radius 2 is 1.63 bits per heavy atom. The number of rotatable bonds is 5. The number of hydrogen-bond donors (Lipinski definition) is 1. The average molecular weight is 281 g/mol. The summed E-state index contributed by atoms with van der Waals surface area (Å²) in [4.78, 5) is 0. The first kappa shape index (κ1) is 16.4. The normalized spacial score (nSPS) is 16.2. The Bertz CT molecular complexity index is 383. The zero-order chi connectivity index (χ0) is 14.7. The Hall–Kier alpha value is -0.643. The van der Waals surface area contributed by atoms with Crippen molar-refractivity contribution in [3.05, 3.63) is 35.9 Å². The molecule has 0 aliphatic rings. The quantitative estimate of drug-likeness (QED) is 0.823. The summed E-state index contributed by atoms with van der Waals surface area (Å²) in [5, 5.41) is 2.48. The Morgan fingerprint density at radius 1 is 1.11 bits per heavy atom. The first-order valence-electron chi connectivity index (χ1n) is 7.21. The molecule has 0 saturated heterocycles. The first-order valence-corrected chi connectivity index (χ1v) is 10.1. The van der Waals surface area contributed by atoms with Crippen molar-refractivity contribution in [2.45, 2.75) is 58.0 Å². The van der Waals surface area contributed by atoms with Gasteiger partial charge in [-0.15, -0.1) is 0 Å². The summed E-state index contributed by atoms with van der Waals surface area (Å²) < 4.78 is 6.65. The van der Waals surface area contributed by atoms with Gasteiger partial charge in [0.1, 0.15) is 12.1 Å². The molecule has 1 aromatic rings. The second kappa shape index (κ2) is 6.20. The number of hydrogen-bond acceptors (Lipinski definition) is 1. The van der Waals surface area contributed by atoms with Crippen LogP contribution in [-0.2, 0) is 4.43 Å². The van der Waals surface area contributed by atoms with E-state index in [1.807, 2.05) is 0 Å². The number of benzene rings is 1. The van der Waals surface area contributed by atoms with Crippen molar-refractivity contribution >= 4 is 8.32 Å². The Kier molecular flexibility index (Phi) is 5.36. The molecule has 2 N–H and O–H groups in total. The van der Waals surface area contributed by atoms with E-state index in [4.69, 9.17) is 4.43 Å². The van der Waals surface area contributed by atoms with E-state index < -0.39 is 8.32 Å². The molecule has 0 unspecified atom stereocenters. The molecular formula is C16H30NOSi+. The van der Waals surface area contributed by atoms with Gasteiger partial charge in [-0.25, -0.2) is 0 Å². The summed E-state index contributed by atoms with van der Waals surface area (Å²) in [7, 11) is 0.371. The molecule has 1 aromatic carbocycles. The molecule has 0 aromatic heterocycles. The zero-order valence-corrected chi connectivity index (χ0v) is 14.5. The van der Waals surface area contributed by atoms with Crippen molar-refractivity contribution in [2.75, 3.05) is 7.05 Å². The molecule has 108 valence electrons. The maximum Gasteiger partial charge on any atom is 0.193 e. The maximum absolute atomic E-state index is 6.65. The number of likely N-dealkylation sites (N-methyl/N-ethyl adjacent to an activating group) is 1. The second-order valence-electron chi connectivity index (χ2n) is 6.90. The van der Waals surface area contributed by atoms with E-state index in [0.29, 0.717) is 6.04 Å². The van der Waals surface area contributed by atoms with Crippen molar-refractivity contribution in [3.8, 4) is 0 Å². The van der Waals surface area contributed by atoms with Crippen LogP contribution in [0.1, 0.15) is 39.4 Å². The maximum atomic E-state index is 6.65. The summed E-state index contributed by atoms with van der Waals surface area (Å²) >= 11 is 0. The molecule has 0 radical (unpaired) electrons. The highest BCUT2D eigenvalue weighted by atomic mass is 28.4. The van der Waals surface area contributed by atoms with Crippen LogP contribution in [-0.4, -0.2) is 21.4 Å². The van der Waals surface area contributed by atoms with Crippen molar-refractivity contribution in [2.24, 2.45) is 0 Å². The van der Waals surface area contributed by atoms with Crippen molar-refractivity contribution in [1.29, 1.82) is 0 Å². The molecule has 3 heteroatoms. The fraction of sp³-hybridized carbons (Fsp3) is 0.625. The summed E-state index contributed by atoms with van der Waals surface area (Å²) in [6, 6.07) is 11.0. The monoisotopic (exact) mass is 280 g/mol. The molecule has 2 atom stereocenters. The van der Waals surface area contributed by atoms with Crippen LogP contribution in [0.3, 0.4) is 0 Å². The van der Waals surface area contributed by atoms with Gasteiger partial charge in [-0.1, -0.05) is 51.1 Å². The third-order valence-corrected chi connectivity index (χ3v) is 8.81. The van der Waals surface area contributed by atoms with Gasteiger partial charge in [0.05, 0.1) is 7.05 Å². The van der Waals surface area contributed by atoms with Crippen LogP contribution >= 0.6 is 0 Å². The van der Waals surface area contributed by atoms with Crippen LogP contribution in [0.4, 0.5) is 0 Å². The molecule has 0 heterocycles. The molecule has 0 amide bonds. The standard InChI is InChI=1S/C16H29NOSi/c1-13(17-5)15(14-11-9-8-10-12-14)18-19(6,7)16(2,3)4/h8-13,15,17H,1-7H3/p+1/t13-,15-/m0/s1. The third-order valence-electron chi connectivity index (χ3n) is 4.36. The predicted octanol–water partition coefficient (Wildman–Crippen LogP) is 3.33. The van der Waals surface area contributed by atoms with Crippen molar-refractivity contribution in [3.63, 3.8) is 0 Å².